The molecule has 0 aliphatic heterocycles. The third kappa shape index (κ3) is 3.17. The SMILES string of the molecule is CC(C)c1cccc(Nc2nc(Cl)ncc2Br)n1. The van der Waals surface area contributed by atoms with E-state index in [2.05, 4.69) is 50.0 Å². The number of hydrogen-bond donors (Lipinski definition) is 1. The van der Waals surface area contributed by atoms with Crippen LogP contribution in [0.5, 0.6) is 0 Å². The van der Waals surface area contributed by atoms with Gasteiger partial charge in [-0.2, -0.15) is 4.98 Å². The van der Waals surface area contributed by atoms with Gasteiger partial charge in [0.25, 0.3) is 0 Å². The van der Waals surface area contributed by atoms with Gasteiger partial charge in [0.2, 0.25) is 5.28 Å². The van der Waals surface area contributed by atoms with Crippen molar-refractivity contribution in [1.82, 2.24) is 15.0 Å². The predicted octanol–water partition coefficient (Wildman–Crippen LogP) is 4.15. The Morgan fingerprint density at radius 1 is 1.28 bits per heavy atom. The fourth-order valence-corrected chi connectivity index (χ4v) is 1.82. The molecule has 94 valence electrons. The minimum atomic E-state index is 0.195. The maximum absolute atomic E-state index is 5.76. The average molecular weight is 328 g/mol. The molecule has 0 spiro atoms. The van der Waals surface area contributed by atoms with Crippen LogP contribution < -0.4 is 5.32 Å². The first-order valence-electron chi connectivity index (χ1n) is 5.48. The van der Waals surface area contributed by atoms with Crippen molar-refractivity contribution in [1.29, 1.82) is 0 Å². The van der Waals surface area contributed by atoms with E-state index < -0.39 is 0 Å². The molecule has 0 aromatic carbocycles. The Bertz CT molecular complexity index is 560. The minimum Gasteiger partial charge on any atom is -0.324 e. The molecule has 0 fully saturated rings. The number of nitrogens with zero attached hydrogens (tertiary/aromatic N) is 3. The Labute approximate surface area is 119 Å². The van der Waals surface area contributed by atoms with Gasteiger partial charge in [0.15, 0.2) is 5.82 Å². The molecule has 0 unspecified atom stereocenters. The molecule has 2 aromatic heterocycles. The van der Waals surface area contributed by atoms with Crippen LogP contribution in [-0.2, 0) is 0 Å². The molecule has 0 radical (unpaired) electrons. The Morgan fingerprint density at radius 2 is 2.06 bits per heavy atom. The second-order valence-corrected chi connectivity index (χ2v) is 5.26. The second-order valence-electron chi connectivity index (χ2n) is 4.06. The molecular weight excluding hydrogens is 316 g/mol. The largest absolute Gasteiger partial charge is 0.324 e. The smallest absolute Gasteiger partial charge is 0.224 e. The van der Waals surface area contributed by atoms with Crippen LogP contribution in [0.25, 0.3) is 0 Å². The van der Waals surface area contributed by atoms with Gasteiger partial charge < -0.3 is 5.32 Å². The summed E-state index contributed by atoms with van der Waals surface area (Å²) in [6.07, 6.45) is 1.60. The molecule has 0 amide bonds. The molecule has 2 heterocycles. The van der Waals surface area contributed by atoms with E-state index in [1.54, 1.807) is 6.20 Å². The Balaban J connectivity index is 2.28. The summed E-state index contributed by atoms with van der Waals surface area (Å²) < 4.78 is 0.739. The quantitative estimate of drug-likeness (QED) is 0.860. The number of rotatable bonds is 3. The van der Waals surface area contributed by atoms with Crippen molar-refractivity contribution < 1.29 is 0 Å². The zero-order valence-corrected chi connectivity index (χ0v) is 12.3. The van der Waals surface area contributed by atoms with Gasteiger partial charge in [0, 0.05) is 11.9 Å². The summed E-state index contributed by atoms with van der Waals surface area (Å²) in [4.78, 5) is 12.5. The highest BCUT2D eigenvalue weighted by molar-refractivity contribution is 9.10. The number of hydrogen-bond acceptors (Lipinski definition) is 4. The van der Waals surface area contributed by atoms with Gasteiger partial charge in [-0.25, -0.2) is 9.97 Å². The number of halogens is 2. The van der Waals surface area contributed by atoms with Crippen LogP contribution in [0.15, 0.2) is 28.9 Å². The Kier molecular flexibility index (Phi) is 4.14. The number of aromatic nitrogens is 3. The Morgan fingerprint density at radius 3 is 2.78 bits per heavy atom. The summed E-state index contributed by atoms with van der Waals surface area (Å²) in [6.45, 7) is 4.20. The normalized spacial score (nSPS) is 10.7. The van der Waals surface area contributed by atoms with Crippen molar-refractivity contribution >= 4 is 39.2 Å². The van der Waals surface area contributed by atoms with E-state index in [0.29, 0.717) is 11.7 Å². The Hall–Kier alpha value is -1.20. The van der Waals surface area contributed by atoms with Crippen LogP contribution in [0, 0.1) is 0 Å². The standard InChI is InChI=1S/C12H12BrClN4/c1-7(2)9-4-3-5-10(16-9)17-11-8(13)6-15-12(14)18-11/h3-7H,1-2H3,(H,15,16,17,18). The first kappa shape index (κ1) is 13.2. The fraction of sp³-hybridized carbons (Fsp3) is 0.250. The van der Waals surface area contributed by atoms with Crippen LogP contribution in [-0.4, -0.2) is 15.0 Å². The van der Waals surface area contributed by atoms with E-state index in [4.69, 9.17) is 11.6 Å². The highest BCUT2D eigenvalue weighted by atomic mass is 79.9. The molecule has 6 heteroatoms. The molecule has 18 heavy (non-hydrogen) atoms. The molecule has 0 saturated heterocycles. The molecule has 4 nitrogen and oxygen atoms in total. The zero-order valence-electron chi connectivity index (χ0n) is 9.98. The molecular formula is C12H12BrClN4. The number of anilines is 2. The maximum atomic E-state index is 5.76. The van der Waals surface area contributed by atoms with Gasteiger partial charge in [-0.05, 0) is 45.6 Å². The van der Waals surface area contributed by atoms with Gasteiger partial charge in [-0.1, -0.05) is 19.9 Å². The van der Waals surface area contributed by atoms with Gasteiger partial charge in [-0.3, -0.25) is 0 Å². The van der Waals surface area contributed by atoms with Crippen molar-refractivity contribution in [3.63, 3.8) is 0 Å². The maximum Gasteiger partial charge on any atom is 0.224 e. The molecule has 1 N–H and O–H groups in total. The summed E-state index contributed by atoms with van der Waals surface area (Å²) in [5.74, 6) is 1.71. The lowest BCUT2D eigenvalue weighted by molar-refractivity contribution is 0.824. The topological polar surface area (TPSA) is 50.7 Å². The van der Waals surface area contributed by atoms with Crippen molar-refractivity contribution in [2.75, 3.05) is 5.32 Å². The summed E-state index contributed by atoms with van der Waals surface area (Å²) in [7, 11) is 0. The highest BCUT2D eigenvalue weighted by Gasteiger charge is 2.06. The van der Waals surface area contributed by atoms with Gasteiger partial charge in [0.05, 0.1) is 4.47 Å². The van der Waals surface area contributed by atoms with Crippen LogP contribution >= 0.6 is 27.5 Å². The summed E-state index contributed by atoms with van der Waals surface area (Å²) >= 11 is 9.12. The van der Waals surface area contributed by atoms with E-state index in [1.165, 1.54) is 0 Å². The molecule has 0 aliphatic rings. The molecule has 0 bridgehead atoms. The van der Waals surface area contributed by atoms with Crippen LogP contribution in [0.1, 0.15) is 25.5 Å². The zero-order chi connectivity index (χ0) is 13.1. The third-order valence-electron chi connectivity index (χ3n) is 2.32. The highest BCUT2D eigenvalue weighted by Crippen LogP contribution is 2.24. The average Bonchev–Trinajstić information content (AvgIpc) is 2.34. The number of nitrogens with one attached hydrogen (secondary N) is 1. The van der Waals surface area contributed by atoms with Crippen molar-refractivity contribution in [2.45, 2.75) is 19.8 Å². The summed E-state index contributed by atoms with van der Waals surface area (Å²) in [5, 5.41) is 3.31. The molecule has 0 saturated carbocycles. The van der Waals surface area contributed by atoms with Crippen LogP contribution in [0.4, 0.5) is 11.6 Å². The van der Waals surface area contributed by atoms with Crippen LogP contribution in [0.2, 0.25) is 5.28 Å². The molecule has 0 aliphatic carbocycles. The summed E-state index contributed by atoms with van der Waals surface area (Å²) in [6, 6.07) is 5.84. The van der Waals surface area contributed by atoms with Gasteiger partial charge >= 0.3 is 0 Å². The third-order valence-corrected chi connectivity index (χ3v) is 3.09. The van der Waals surface area contributed by atoms with E-state index >= 15 is 0 Å². The monoisotopic (exact) mass is 326 g/mol. The first-order chi connectivity index (χ1) is 8.56. The van der Waals surface area contributed by atoms with E-state index in [-0.39, 0.29) is 5.28 Å². The predicted molar refractivity (Wildman–Crippen MR) is 76.4 cm³/mol. The van der Waals surface area contributed by atoms with Gasteiger partial charge in [0.1, 0.15) is 5.82 Å². The summed E-state index contributed by atoms with van der Waals surface area (Å²) in [5.41, 5.74) is 1.02. The van der Waals surface area contributed by atoms with Crippen molar-refractivity contribution in [3.8, 4) is 0 Å². The van der Waals surface area contributed by atoms with E-state index in [0.717, 1.165) is 16.0 Å². The van der Waals surface area contributed by atoms with Crippen LogP contribution in [0.3, 0.4) is 0 Å². The van der Waals surface area contributed by atoms with E-state index in [9.17, 15) is 0 Å². The first-order valence-corrected chi connectivity index (χ1v) is 6.65. The lowest BCUT2D eigenvalue weighted by atomic mass is 10.1. The van der Waals surface area contributed by atoms with Gasteiger partial charge in [-0.15, -0.1) is 0 Å². The number of pyridine rings is 1. The lowest BCUT2D eigenvalue weighted by Crippen LogP contribution is -2.01. The van der Waals surface area contributed by atoms with E-state index in [1.807, 2.05) is 18.2 Å². The second kappa shape index (κ2) is 5.63. The molecule has 2 rings (SSSR count). The molecule has 2 aromatic rings. The van der Waals surface area contributed by atoms with Crippen molar-refractivity contribution in [3.05, 3.63) is 39.8 Å². The minimum absolute atomic E-state index is 0.195. The molecule has 0 atom stereocenters. The van der Waals surface area contributed by atoms with Crippen molar-refractivity contribution in [2.24, 2.45) is 0 Å². The lowest BCUT2D eigenvalue weighted by Gasteiger charge is -2.09. The fourth-order valence-electron chi connectivity index (χ4n) is 1.40.